The molecule has 4 rings (SSSR count). The molecular formula is C16H14ClN4O2+. The molecule has 1 aromatic carbocycles. The summed E-state index contributed by atoms with van der Waals surface area (Å²) in [7, 11) is 0. The van der Waals surface area contributed by atoms with Gasteiger partial charge >= 0.3 is 5.91 Å². The van der Waals surface area contributed by atoms with Crippen molar-refractivity contribution < 1.29 is 14.5 Å². The van der Waals surface area contributed by atoms with Gasteiger partial charge in [-0.1, -0.05) is 29.8 Å². The Morgan fingerprint density at radius 3 is 2.65 bits per heavy atom. The molecule has 1 saturated carbocycles. The van der Waals surface area contributed by atoms with Crippen LogP contribution in [-0.4, -0.2) is 24.5 Å². The zero-order valence-corrected chi connectivity index (χ0v) is 13.1. The maximum atomic E-state index is 10.0. The van der Waals surface area contributed by atoms with E-state index in [0.29, 0.717) is 17.2 Å². The Morgan fingerprint density at radius 1 is 1.35 bits per heavy atom. The highest BCUT2D eigenvalue weighted by molar-refractivity contribution is 6.31. The topological polar surface area (TPSA) is 106 Å². The van der Waals surface area contributed by atoms with Crippen LogP contribution in [0.5, 0.6) is 0 Å². The van der Waals surface area contributed by atoms with E-state index in [2.05, 4.69) is 17.1 Å². The van der Waals surface area contributed by atoms with Crippen LogP contribution in [0.3, 0.4) is 0 Å². The zero-order chi connectivity index (χ0) is 16.5. The van der Waals surface area contributed by atoms with E-state index in [-0.39, 0.29) is 11.9 Å². The van der Waals surface area contributed by atoms with Crippen LogP contribution in [0.2, 0.25) is 5.02 Å². The van der Waals surface area contributed by atoms with Gasteiger partial charge in [-0.15, -0.1) is 0 Å². The highest BCUT2D eigenvalue weighted by Gasteiger charge is 2.98. The minimum absolute atomic E-state index is 0.195. The maximum absolute atomic E-state index is 10.0. The van der Waals surface area contributed by atoms with Crippen LogP contribution < -0.4 is 10.7 Å². The fourth-order valence-corrected chi connectivity index (χ4v) is 4.38. The average molecular weight is 330 g/mol. The number of hydrogen-bond acceptors (Lipinski definition) is 5. The number of ether oxygens (including phenoxy) is 2. The lowest BCUT2D eigenvalue weighted by molar-refractivity contribution is -0.677. The van der Waals surface area contributed by atoms with E-state index in [9.17, 15) is 10.5 Å². The number of halogens is 1. The van der Waals surface area contributed by atoms with Crippen LogP contribution in [0.1, 0.15) is 18.4 Å². The Balaban J connectivity index is 1.95. The standard InChI is InChI=1S/C16H13ClN4O2/c1-9-6-22-16(23-9)15(8-19)12(10-4-2-3-5-11(10)17)14(15,7-18)13(20)21-16/h2-5,9,12H,6H2,1H3,(H2,20,21)/p+1/t9-,12+,14+,15+,16-/m0/s1. The summed E-state index contributed by atoms with van der Waals surface area (Å²) in [5, 5.41) is 20.4. The number of nitrogens with zero attached hydrogens (tertiary/aromatic N) is 2. The molecule has 23 heavy (non-hydrogen) atoms. The molecule has 116 valence electrons. The number of benzene rings is 1. The van der Waals surface area contributed by atoms with E-state index in [4.69, 9.17) is 26.8 Å². The molecule has 0 unspecified atom stereocenters. The smallest absolute Gasteiger partial charge is 0.311 e. The van der Waals surface area contributed by atoms with Gasteiger partial charge in [-0.3, -0.25) is 5.73 Å². The normalized spacial score (nSPS) is 43.6. The Bertz CT molecular complexity index is 828. The molecule has 2 aliphatic heterocycles. The highest BCUT2D eigenvalue weighted by atomic mass is 35.5. The summed E-state index contributed by atoms with van der Waals surface area (Å²) in [6.45, 7) is 2.16. The van der Waals surface area contributed by atoms with Crippen molar-refractivity contribution in [2.45, 2.75) is 24.9 Å². The van der Waals surface area contributed by atoms with Gasteiger partial charge in [-0.25, -0.2) is 4.99 Å². The number of amidine groups is 1. The highest BCUT2D eigenvalue weighted by Crippen LogP contribution is 2.79. The van der Waals surface area contributed by atoms with Crippen molar-refractivity contribution in [1.29, 1.82) is 10.5 Å². The summed E-state index contributed by atoms with van der Waals surface area (Å²) in [4.78, 5) is 2.92. The molecule has 0 aromatic heterocycles. The molecule has 3 N–H and O–H groups in total. The summed E-state index contributed by atoms with van der Waals surface area (Å²) in [6.07, 6.45) is -0.206. The Labute approximate surface area is 138 Å². The third-order valence-corrected chi connectivity index (χ3v) is 5.45. The number of nitrogens with one attached hydrogen (secondary N) is 1. The van der Waals surface area contributed by atoms with Gasteiger partial charge < -0.3 is 9.47 Å². The van der Waals surface area contributed by atoms with E-state index < -0.39 is 22.7 Å². The Morgan fingerprint density at radius 2 is 2.09 bits per heavy atom. The fraction of sp³-hybridized carbons (Fsp3) is 0.438. The third kappa shape index (κ3) is 1.34. The van der Waals surface area contributed by atoms with Gasteiger partial charge in [0.1, 0.15) is 0 Å². The largest absolute Gasteiger partial charge is 0.343 e. The molecule has 5 atom stereocenters. The summed E-state index contributed by atoms with van der Waals surface area (Å²) in [6, 6.07) is 11.7. The van der Waals surface area contributed by atoms with Crippen LogP contribution in [0, 0.1) is 33.5 Å². The first-order chi connectivity index (χ1) is 11.0. The predicted molar refractivity (Wildman–Crippen MR) is 79.7 cm³/mol. The van der Waals surface area contributed by atoms with Crippen LogP contribution in [0.15, 0.2) is 24.3 Å². The van der Waals surface area contributed by atoms with E-state index in [0.717, 1.165) is 0 Å². The Kier molecular flexibility index (Phi) is 2.67. The first-order valence-corrected chi connectivity index (χ1v) is 7.66. The molecule has 1 spiro atoms. The second-order valence-corrected chi connectivity index (χ2v) is 6.60. The van der Waals surface area contributed by atoms with E-state index in [1.165, 1.54) is 0 Å². The number of rotatable bonds is 1. The van der Waals surface area contributed by atoms with Crippen LogP contribution in [0.25, 0.3) is 0 Å². The van der Waals surface area contributed by atoms with Gasteiger partial charge in [0.2, 0.25) is 0 Å². The van der Waals surface area contributed by atoms with Crippen LogP contribution >= 0.6 is 11.6 Å². The molecule has 6 nitrogen and oxygen atoms in total. The lowest BCUT2D eigenvalue weighted by Crippen LogP contribution is -2.90. The van der Waals surface area contributed by atoms with Crippen LogP contribution in [-0.2, 0) is 9.47 Å². The average Bonchev–Trinajstić information content (AvgIpc) is 2.91. The SMILES string of the molecule is C[C@H]1CO[C@]2([NH+]=C(N)[C@@]3(C#N)[C@@H](c4ccccc4Cl)[C@@]23C#N)O1. The lowest BCUT2D eigenvalue weighted by atomic mass is 9.94. The molecule has 0 bridgehead atoms. The molecule has 1 aromatic rings. The molecule has 2 fully saturated rings. The summed E-state index contributed by atoms with van der Waals surface area (Å²) in [5.74, 6) is -1.73. The molecule has 7 heteroatoms. The summed E-state index contributed by atoms with van der Waals surface area (Å²) in [5.41, 5.74) is 4.34. The number of hydrogen-bond donors (Lipinski definition) is 2. The van der Waals surface area contributed by atoms with E-state index >= 15 is 0 Å². The van der Waals surface area contributed by atoms with Crippen molar-refractivity contribution in [3.63, 3.8) is 0 Å². The van der Waals surface area contributed by atoms with Gasteiger partial charge in [-0.2, -0.15) is 10.5 Å². The van der Waals surface area contributed by atoms with Crippen molar-refractivity contribution >= 4 is 17.4 Å². The minimum atomic E-state index is -1.41. The van der Waals surface area contributed by atoms with Crippen molar-refractivity contribution in [1.82, 2.24) is 0 Å². The summed E-state index contributed by atoms with van der Waals surface area (Å²) >= 11 is 6.31. The van der Waals surface area contributed by atoms with Crippen molar-refractivity contribution in [2.24, 2.45) is 16.6 Å². The monoisotopic (exact) mass is 329 g/mol. The number of fused-ring (bicyclic) bond motifs is 2. The second-order valence-electron chi connectivity index (χ2n) is 6.19. The lowest BCUT2D eigenvalue weighted by Gasteiger charge is -2.24. The third-order valence-electron chi connectivity index (χ3n) is 5.11. The fourth-order valence-electron chi connectivity index (χ4n) is 4.14. The first kappa shape index (κ1) is 14.5. The van der Waals surface area contributed by atoms with Crippen molar-refractivity contribution in [3.8, 4) is 12.1 Å². The van der Waals surface area contributed by atoms with E-state index in [1.54, 1.807) is 12.1 Å². The Hall–Kier alpha value is -2.12. The zero-order valence-electron chi connectivity index (χ0n) is 12.3. The molecule has 0 radical (unpaired) electrons. The van der Waals surface area contributed by atoms with Gasteiger partial charge in [0.15, 0.2) is 10.8 Å². The van der Waals surface area contributed by atoms with Crippen molar-refractivity contribution in [2.75, 3.05) is 6.61 Å². The summed E-state index contributed by atoms with van der Waals surface area (Å²) < 4.78 is 11.7. The minimum Gasteiger partial charge on any atom is -0.311 e. The molecule has 1 aliphatic carbocycles. The number of nitrogens with two attached hydrogens (primary N) is 1. The second kappa shape index (κ2) is 4.24. The van der Waals surface area contributed by atoms with Gasteiger partial charge in [-0.05, 0) is 18.6 Å². The first-order valence-electron chi connectivity index (χ1n) is 7.29. The molecule has 0 amide bonds. The van der Waals surface area contributed by atoms with Gasteiger partial charge in [0.25, 0.3) is 5.84 Å². The molecule has 3 aliphatic rings. The maximum Gasteiger partial charge on any atom is 0.343 e. The quantitative estimate of drug-likeness (QED) is 0.754. The van der Waals surface area contributed by atoms with Crippen molar-refractivity contribution in [3.05, 3.63) is 34.9 Å². The van der Waals surface area contributed by atoms with E-state index in [1.807, 2.05) is 19.1 Å². The van der Waals surface area contributed by atoms with Crippen LogP contribution in [0.4, 0.5) is 0 Å². The van der Waals surface area contributed by atoms with Gasteiger partial charge in [0.05, 0.1) is 24.8 Å². The van der Waals surface area contributed by atoms with Gasteiger partial charge in [0, 0.05) is 10.9 Å². The number of nitriles is 2. The molecule has 2 heterocycles. The molecular weight excluding hydrogens is 316 g/mol. The predicted octanol–water partition coefficient (Wildman–Crippen LogP) is -0.00234. The molecule has 1 saturated heterocycles.